The minimum atomic E-state index is -1.10. The maximum Gasteiger partial charge on any atom is 0.407 e. The average molecular weight is 1850 g/mol. The second-order valence-corrected chi connectivity index (χ2v) is 41.8. The Morgan fingerprint density at radius 1 is 0.431 bits per heavy atom. The fourth-order valence-electron chi connectivity index (χ4n) is 18.7. The summed E-state index contributed by atoms with van der Waals surface area (Å²) in [7, 11) is 0. The molecule has 750 valence electrons. The smallest absolute Gasteiger partial charge is 0.407 e. The highest BCUT2D eigenvalue weighted by atomic mass is 16.6. The van der Waals surface area contributed by atoms with Crippen molar-refractivity contribution < 1.29 is 113 Å². The number of alkyl carbamates (subject to hydrolysis) is 3. The van der Waals surface area contributed by atoms with Crippen molar-refractivity contribution >= 4 is 66.6 Å². The van der Waals surface area contributed by atoms with E-state index in [-0.39, 0.29) is 170 Å². The Kier molecular flexibility index (Phi) is 64.2. The van der Waals surface area contributed by atoms with E-state index in [1.807, 2.05) is 55.4 Å². The van der Waals surface area contributed by atoms with Gasteiger partial charge in [-0.3, -0.25) is 0 Å². The summed E-state index contributed by atoms with van der Waals surface area (Å²) >= 11 is 0. The standard InChI is InChI=1S/C41H66N6O9.2C12H18N2O2.C8H18O3.C6H16N2O.C6H14O3.C4H11NO2.C4H9NO/c1-11-41(25-56-34(53)47-31-14-37(6,7)20-40(10,17-31)46-28-50,23-54-32(51)42-21-38(8)15-29(44-26-48)12-35(2,3)18-38)24-55-33(52)43-22-39(9)16-30(45-27-49)13-36(4,5)19-39;2*1-11(2)4-10(14-9-16)5-12(3,6-11)7-13-8-15;9-5-1-3-7-11-8-4-2-6-10;1-5(7)3-9-4-6(2)8;1-2-6(3-7,4-8)5-9;6-3-1-5-2-4-7;1-3-4(2)5-6/h29-31H,11-25H2,1-10H3,(H,42,51)(H,43,52)(H,47,53);2*10H,4-7H2,1-3H3;9-10H,1-8H2;5-6H,3-4,7-8H2,1-2H3;7-9H,2-5H2,1H3;5-7H,1-4H2;6H,3H2,1-2H3/b;;;;;;;5-4-. The van der Waals surface area contributed by atoms with Gasteiger partial charge in [0.05, 0.1) is 100 Å². The third kappa shape index (κ3) is 59.9. The lowest BCUT2D eigenvalue weighted by atomic mass is 9.62. The number of ether oxygens (including phenoxy) is 5. The van der Waals surface area contributed by atoms with Gasteiger partial charge < -0.3 is 97.4 Å². The van der Waals surface area contributed by atoms with Gasteiger partial charge in [-0.25, -0.2) is 77.9 Å². The number of aliphatic hydroxyl groups excluding tert-OH is 7. The number of aliphatic hydroxyl groups is 7. The molecule has 0 aliphatic heterocycles. The van der Waals surface area contributed by atoms with Gasteiger partial charge in [-0.15, -0.1) is 0 Å². The van der Waals surface area contributed by atoms with Crippen molar-refractivity contribution in [3.63, 3.8) is 0 Å². The highest BCUT2D eigenvalue weighted by Crippen LogP contribution is 2.51. The van der Waals surface area contributed by atoms with Crippen LogP contribution in [0.2, 0.25) is 0 Å². The first kappa shape index (κ1) is 127. The SMILES string of the molecule is CC(N)COCC(C)N.CC/C(C)=N\O.CC1(C)CC(N=C=O)CC(C)(CN=C=O)C1.CC1(C)CC(N=C=O)CC(C)(CN=C=O)C1.CCC(CO)(CO)CO.CCC(COC(=O)NCC1(C)CC(N=C=O)CC(C)(C)C1)(COC(=O)NCC1(C)CC(N=C=O)CC(C)(C)C1)COC(=O)NC1CC(C)(C)CC(C)(N=C=O)C1.OCCCCOCCCCO.OCCNCCO. The third-order valence-corrected chi connectivity index (χ3v) is 23.4. The average Bonchev–Trinajstić information content (AvgIpc) is 0.819. The minimum Gasteiger partial charge on any atom is -0.449 e. The summed E-state index contributed by atoms with van der Waals surface area (Å²) in [4.78, 5) is 141. The normalized spacial score (nSPS) is 25.4. The van der Waals surface area contributed by atoms with Crippen molar-refractivity contribution in [2.24, 2.45) is 111 Å². The number of carbonyl (C=O) groups excluding carboxylic acids is 10. The van der Waals surface area contributed by atoms with Crippen LogP contribution in [0.3, 0.4) is 0 Å². The first-order valence-corrected chi connectivity index (χ1v) is 45.7. The summed E-state index contributed by atoms with van der Waals surface area (Å²) in [5, 5.41) is 81.4. The summed E-state index contributed by atoms with van der Waals surface area (Å²) in [5.41, 5.74) is 8.16. The van der Waals surface area contributed by atoms with Crippen molar-refractivity contribution in [1.29, 1.82) is 0 Å². The first-order chi connectivity index (χ1) is 60.7. The number of aliphatic imine (C=N–C) groups is 7. The maximum absolute atomic E-state index is 13.3. The van der Waals surface area contributed by atoms with E-state index in [0.29, 0.717) is 84.3 Å². The van der Waals surface area contributed by atoms with E-state index in [4.69, 9.17) is 76.1 Å². The molecule has 5 rings (SSSR count). The second-order valence-electron chi connectivity index (χ2n) is 41.8. The van der Waals surface area contributed by atoms with E-state index in [9.17, 15) is 47.9 Å². The van der Waals surface area contributed by atoms with E-state index in [0.717, 1.165) is 115 Å². The summed E-state index contributed by atoms with van der Waals surface area (Å²) in [5.74, 6) is 0. The Bertz CT molecular complexity index is 3380. The molecule has 3 amide bonds. The lowest BCUT2D eigenvalue weighted by Crippen LogP contribution is -2.50. The molecule has 16 N–H and O–H groups in total. The van der Waals surface area contributed by atoms with Crippen LogP contribution in [0.4, 0.5) is 14.4 Å². The highest BCUT2D eigenvalue weighted by Gasteiger charge is 2.47. The zero-order valence-electron chi connectivity index (χ0n) is 82.7. The Hall–Kier alpha value is -7.54. The molecule has 12 atom stereocenters. The molecule has 0 bridgehead atoms. The third-order valence-electron chi connectivity index (χ3n) is 23.4. The van der Waals surface area contributed by atoms with Gasteiger partial charge in [-0.2, -0.15) is 4.99 Å². The molecular weight excluding hydrogens is 1680 g/mol. The molecule has 5 aliphatic carbocycles. The molecule has 5 saturated carbocycles. The molecule has 0 radical (unpaired) electrons. The van der Waals surface area contributed by atoms with Gasteiger partial charge in [0.2, 0.25) is 42.6 Å². The molecule has 5 aliphatic rings. The van der Waals surface area contributed by atoms with Gasteiger partial charge in [-0.1, -0.05) is 123 Å². The number of hydrogen-bond acceptors (Lipinski definition) is 34. The molecule has 0 saturated heterocycles. The second kappa shape index (κ2) is 66.0. The minimum absolute atomic E-state index is 0.00750. The summed E-state index contributed by atoms with van der Waals surface area (Å²) in [6, 6.07) is -0.459. The Morgan fingerprint density at radius 3 is 1.05 bits per heavy atom. The van der Waals surface area contributed by atoms with Crippen LogP contribution < -0.4 is 32.7 Å². The van der Waals surface area contributed by atoms with E-state index >= 15 is 0 Å². The molecular formula is C93H170N14O23. The zero-order chi connectivity index (χ0) is 100. The molecule has 0 aromatic carbocycles. The fourth-order valence-corrected chi connectivity index (χ4v) is 18.7. The van der Waals surface area contributed by atoms with Crippen LogP contribution in [-0.4, -0.2) is 287 Å². The maximum atomic E-state index is 13.3. The zero-order valence-corrected chi connectivity index (χ0v) is 82.7. The topological polar surface area (TPSA) is 578 Å². The number of nitrogens with two attached hydrogens (primary N) is 2. The lowest BCUT2D eigenvalue weighted by Gasteiger charge is -2.45. The summed E-state index contributed by atoms with van der Waals surface area (Å²) in [6.07, 6.45) is 26.0. The van der Waals surface area contributed by atoms with Crippen molar-refractivity contribution in [3.05, 3.63) is 0 Å². The predicted octanol–water partition coefficient (Wildman–Crippen LogP) is 11.0. The van der Waals surface area contributed by atoms with Gasteiger partial charge in [0.25, 0.3) is 0 Å². The Balaban J connectivity index is -0.00000174. The lowest BCUT2D eigenvalue weighted by molar-refractivity contribution is -0.0205. The van der Waals surface area contributed by atoms with Gasteiger partial charge >= 0.3 is 18.3 Å². The number of nitrogens with one attached hydrogen (secondary N) is 4. The molecule has 12 unspecified atom stereocenters. The molecule has 0 aromatic heterocycles. The van der Waals surface area contributed by atoms with E-state index in [2.05, 4.69) is 144 Å². The van der Waals surface area contributed by atoms with E-state index < -0.39 is 34.6 Å². The summed E-state index contributed by atoms with van der Waals surface area (Å²) in [6.45, 7) is 47.4. The van der Waals surface area contributed by atoms with Gasteiger partial charge in [-0.05, 0) is 218 Å². The number of oxime groups is 1. The van der Waals surface area contributed by atoms with Crippen molar-refractivity contribution in [2.75, 3.05) is 132 Å². The Morgan fingerprint density at radius 2 is 0.769 bits per heavy atom. The number of hydrogen-bond donors (Lipinski definition) is 14. The van der Waals surface area contributed by atoms with Crippen LogP contribution in [0, 0.1) is 59.6 Å². The quantitative estimate of drug-likeness (QED) is 0.00674. The van der Waals surface area contributed by atoms with E-state index in [1.165, 1.54) is 0 Å². The van der Waals surface area contributed by atoms with Crippen molar-refractivity contribution in [1.82, 2.24) is 21.3 Å². The predicted molar refractivity (Wildman–Crippen MR) is 498 cm³/mol. The van der Waals surface area contributed by atoms with Crippen LogP contribution in [0.15, 0.2) is 40.1 Å². The Labute approximate surface area is 774 Å². The van der Waals surface area contributed by atoms with Crippen molar-refractivity contribution in [3.8, 4) is 0 Å². The first-order valence-electron chi connectivity index (χ1n) is 45.7. The monoisotopic (exact) mass is 1850 g/mol. The number of amides is 3. The van der Waals surface area contributed by atoms with Crippen LogP contribution in [0.1, 0.15) is 287 Å². The molecule has 37 heteroatoms. The number of rotatable bonds is 42. The number of unbranched alkanes of at least 4 members (excludes halogenated alkanes) is 2. The molecule has 0 spiro atoms. The number of carbonyl (C=O) groups is 3. The largest absolute Gasteiger partial charge is 0.449 e. The van der Waals surface area contributed by atoms with Crippen LogP contribution in [0.25, 0.3) is 0 Å². The van der Waals surface area contributed by atoms with Gasteiger partial charge in [0.15, 0.2) is 0 Å². The van der Waals surface area contributed by atoms with Crippen LogP contribution >= 0.6 is 0 Å². The van der Waals surface area contributed by atoms with E-state index in [1.54, 1.807) is 49.5 Å². The van der Waals surface area contributed by atoms with Gasteiger partial charge in [0.1, 0.15) is 19.8 Å². The number of nitrogens with zero attached hydrogens (tertiary/aromatic N) is 8. The van der Waals surface area contributed by atoms with Crippen molar-refractivity contribution in [2.45, 2.75) is 334 Å². The summed E-state index contributed by atoms with van der Waals surface area (Å²) < 4.78 is 27.5. The molecule has 0 heterocycles. The molecule has 37 nitrogen and oxygen atoms in total. The number of isocyanates is 7. The fraction of sp³-hybridized carbons (Fsp3) is 0.882. The van der Waals surface area contributed by atoms with Crippen LogP contribution in [0.5, 0.6) is 0 Å². The highest BCUT2D eigenvalue weighted by molar-refractivity contribution is 5.80. The van der Waals surface area contributed by atoms with Crippen LogP contribution in [-0.2, 0) is 57.2 Å². The molecule has 0 aromatic rings. The molecule has 5 fully saturated rings. The molecule has 130 heavy (non-hydrogen) atoms. The van der Waals surface area contributed by atoms with Gasteiger partial charge in [0, 0.05) is 76.1 Å².